The number of carboxylic acids is 1. The van der Waals surface area contributed by atoms with E-state index in [-0.39, 0.29) is 42.9 Å². The molecule has 0 aromatic carbocycles. The number of carboxylic acid groups (broad SMARTS) is 1. The molecule has 384 valence electrons. The average Bonchev–Trinajstić information content (AvgIpc) is 3.19. The second kappa shape index (κ2) is 30.1. The van der Waals surface area contributed by atoms with E-state index >= 15 is 0 Å². The van der Waals surface area contributed by atoms with Gasteiger partial charge in [-0.3, -0.25) is 43.2 Å². The highest BCUT2D eigenvalue weighted by atomic mass is 16.4. The predicted octanol–water partition coefficient (Wildman–Crippen LogP) is -0.949. The van der Waals surface area contributed by atoms with Gasteiger partial charge in [0, 0.05) is 0 Å². The Kier molecular flexibility index (Phi) is 27.7. The summed E-state index contributed by atoms with van der Waals surface area (Å²) in [5.74, 6) is -10.1. The Hall–Kier alpha value is -5.38. The molecule has 10 atom stereocenters. The number of aliphatic carboxylic acids is 1. The molecule has 0 aliphatic rings. The molecule has 14 N–H and O–H groups in total. The van der Waals surface area contributed by atoms with Crippen molar-refractivity contribution in [3.8, 4) is 0 Å². The van der Waals surface area contributed by atoms with Crippen molar-refractivity contribution < 1.29 is 58.2 Å². The molecule has 67 heavy (non-hydrogen) atoms. The third-order valence-electron chi connectivity index (χ3n) is 10.6. The zero-order valence-corrected chi connectivity index (χ0v) is 41.7. The van der Waals surface area contributed by atoms with Crippen LogP contribution in [0, 0.1) is 35.5 Å². The van der Waals surface area contributed by atoms with Crippen molar-refractivity contribution >= 4 is 59.1 Å². The maximum Gasteiger partial charge on any atom is 0.326 e. The minimum Gasteiger partial charge on any atom is -0.480 e. The number of nitrogens with one attached hydrogen (secondary N) is 8. The van der Waals surface area contributed by atoms with Gasteiger partial charge in [-0.1, -0.05) is 89.5 Å². The van der Waals surface area contributed by atoms with E-state index in [9.17, 15) is 58.2 Å². The Morgan fingerprint density at radius 3 is 1.27 bits per heavy atom. The van der Waals surface area contributed by atoms with Gasteiger partial charge in [0.1, 0.15) is 42.3 Å². The van der Waals surface area contributed by atoms with Gasteiger partial charge < -0.3 is 64.2 Å². The molecule has 0 aromatic heterocycles. The lowest BCUT2D eigenvalue weighted by Gasteiger charge is -2.29. The maximum atomic E-state index is 13.8. The van der Waals surface area contributed by atoms with Crippen molar-refractivity contribution in [1.29, 1.82) is 0 Å². The topological polar surface area (TPSA) is 359 Å². The van der Waals surface area contributed by atoms with Gasteiger partial charge in [0.2, 0.25) is 53.2 Å². The minimum absolute atomic E-state index is 0.0152. The predicted molar refractivity (Wildman–Crippen MR) is 250 cm³/mol. The van der Waals surface area contributed by atoms with Gasteiger partial charge in [0.25, 0.3) is 0 Å². The highest BCUT2D eigenvalue weighted by Crippen LogP contribution is 2.14. The van der Waals surface area contributed by atoms with E-state index in [1.165, 1.54) is 6.92 Å². The number of hydrogen-bond acceptors (Lipinski definition) is 12. The van der Waals surface area contributed by atoms with Crippen LogP contribution in [0.3, 0.4) is 0 Å². The SMILES string of the molecule is CCC(C)C(NC(=O)C(CC(N)=O)NC(=O)C(CC(C)C)NC(=O)C(NC(=O)CNC(=O)C(CC(C)C)NC(=O)C(CC(C)C)NC(=O)C(N)CC(C)C)C(C)O)C(=O)NC(C(=O)O)C(C)C. The van der Waals surface area contributed by atoms with E-state index in [0.29, 0.717) is 12.8 Å². The van der Waals surface area contributed by atoms with Gasteiger partial charge >= 0.3 is 5.97 Å². The van der Waals surface area contributed by atoms with Gasteiger partial charge in [0.15, 0.2) is 0 Å². The molecule has 0 radical (unpaired) electrons. The van der Waals surface area contributed by atoms with E-state index in [4.69, 9.17) is 11.5 Å². The number of carbonyl (C=O) groups is 10. The van der Waals surface area contributed by atoms with Crippen LogP contribution in [-0.2, 0) is 47.9 Å². The quantitative estimate of drug-likeness (QED) is 0.0400. The number of rotatable bonds is 31. The molecule has 0 saturated heterocycles. The number of amides is 9. The van der Waals surface area contributed by atoms with Crippen molar-refractivity contribution in [2.45, 2.75) is 183 Å². The molecular weight excluding hydrogens is 873 g/mol. The molecular formula is C45H82N10O12. The Balaban J connectivity index is 6.18. The molecule has 0 saturated carbocycles. The Labute approximate surface area is 395 Å². The number of nitrogens with two attached hydrogens (primary N) is 2. The van der Waals surface area contributed by atoms with Gasteiger partial charge in [-0.25, -0.2) is 4.79 Å². The van der Waals surface area contributed by atoms with E-state index in [1.54, 1.807) is 41.5 Å². The van der Waals surface area contributed by atoms with E-state index in [2.05, 4.69) is 42.5 Å². The van der Waals surface area contributed by atoms with Crippen molar-refractivity contribution in [3.05, 3.63) is 0 Å². The highest BCUT2D eigenvalue weighted by molar-refractivity contribution is 5.98. The van der Waals surface area contributed by atoms with Crippen LogP contribution >= 0.6 is 0 Å². The van der Waals surface area contributed by atoms with E-state index in [0.717, 1.165) is 0 Å². The number of primary amides is 1. The fraction of sp³-hybridized carbons (Fsp3) is 0.778. The molecule has 0 spiro atoms. The van der Waals surface area contributed by atoms with Crippen LogP contribution in [0.5, 0.6) is 0 Å². The van der Waals surface area contributed by atoms with Crippen LogP contribution in [-0.4, -0.2) is 130 Å². The molecule has 0 bridgehead atoms. The summed E-state index contributed by atoms with van der Waals surface area (Å²) in [4.78, 5) is 131. The summed E-state index contributed by atoms with van der Waals surface area (Å²) in [5, 5.41) is 40.2. The first-order valence-electron chi connectivity index (χ1n) is 23.3. The lowest BCUT2D eigenvalue weighted by atomic mass is 9.96. The second-order valence-electron chi connectivity index (χ2n) is 19.5. The number of carbonyl (C=O) groups excluding carboxylic acids is 9. The van der Waals surface area contributed by atoms with Gasteiger partial charge in [0.05, 0.1) is 25.1 Å². The zero-order chi connectivity index (χ0) is 52.0. The van der Waals surface area contributed by atoms with E-state index < -0.39 is 138 Å². The van der Waals surface area contributed by atoms with Crippen LogP contribution in [0.25, 0.3) is 0 Å². The van der Waals surface area contributed by atoms with Crippen LogP contribution in [0.4, 0.5) is 0 Å². The molecule has 0 heterocycles. The smallest absolute Gasteiger partial charge is 0.326 e. The monoisotopic (exact) mass is 955 g/mol. The summed E-state index contributed by atoms with van der Waals surface area (Å²) >= 11 is 0. The van der Waals surface area contributed by atoms with Gasteiger partial charge in [-0.15, -0.1) is 0 Å². The lowest BCUT2D eigenvalue weighted by molar-refractivity contribution is -0.144. The van der Waals surface area contributed by atoms with Crippen LogP contribution in [0.2, 0.25) is 0 Å². The van der Waals surface area contributed by atoms with Gasteiger partial charge in [-0.05, 0) is 68.1 Å². The van der Waals surface area contributed by atoms with E-state index in [1.807, 2.05) is 41.5 Å². The number of hydrogen-bond donors (Lipinski definition) is 12. The normalized spacial score (nSPS) is 16.0. The minimum atomic E-state index is -1.67. The average molecular weight is 955 g/mol. The molecule has 22 heteroatoms. The van der Waals surface area contributed by atoms with Crippen LogP contribution in [0.15, 0.2) is 0 Å². The second-order valence-corrected chi connectivity index (χ2v) is 19.5. The fourth-order valence-electron chi connectivity index (χ4n) is 6.85. The third-order valence-corrected chi connectivity index (χ3v) is 10.6. The molecule has 9 amide bonds. The standard InChI is InChI=1S/C45H82N10O12/c1-14-26(12)36(43(64)54-35(25(10)11)45(66)67)55-42(63)32(19-33(47)57)51-41(62)31(18-24(8)9)52-44(65)37(27(13)56)53-34(58)20-48-39(60)29(16-22(4)5)50-40(61)30(17-23(6)7)49-38(59)28(46)15-21(2)3/h21-32,35-37,56H,14-20,46H2,1-13H3,(H2,47,57)(H,48,60)(H,49,59)(H,50,61)(H,51,62)(H,52,65)(H,53,58)(H,54,64)(H,55,63)(H,66,67). The van der Waals surface area contributed by atoms with Crippen molar-refractivity contribution in [1.82, 2.24) is 42.5 Å². The summed E-state index contributed by atoms with van der Waals surface area (Å²) in [6.45, 7) is 21.7. The Morgan fingerprint density at radius 2 is 0.866 bits per heavy atom. The summed E-state index contributed by atoms with van der Waals surface area (Å²) in [6.07, 6.45) is -1.11. The number of aliphatic hydroxyl groups is 1. The fourth-order valence-corrected chi connectivity index (χ4v) is 6.85. The third kappa shape index (κ3) is 23.8. The maximum absolute atomic E-state index is 13.8. The molecule has 0 aromatic rings. The first-order chi connectivity index (χ1) is 30.9. The van der Waals surface area contributed by atoms with Crippen molar-refractivity contribution in [3.63, 3.8) is 0 Å². The number of aliphatic hydroxyl groups excluding tert-OH is 1. The first-order valence-corrected chi connectivity index (χ1v) is 23.3. The Bertz CT molecular complexity index is 1690. The van der Waals surface area contributed by atoms with Crippen molar-refractivity contribution in [2.24, 2.45) is 47.0 Å². The van der Waals surface area contributed by atoms with Gasteiger partial charge in [-0.2, -0.15) is 0 Å². The summed E-state index contributed by atoms with van der Waals surface area (Å²) in [5.41, 5.74) is 11.5. The Morgan fingerprint density at radius 1 is 0.478 bits per heavy atom. The summed E-state index contributed by atoms with van der Waals surface area (Å²) in [7, 11) is 0. The summed E-state index contributed by atoms with van der Waals surface area (Å²) in [6, 6.07) is -10.2. The molecule has 0 fully saturated rings. The lowest BCUT2D eigenvalue weighted by Crippen LogP contribution is -2.61. The molecule has 10 unspecified atom stereocenters. The summed E-state index contributed by atoms with van der Waals surface area (Å²) < 4.78 is 0. The largest absolute Gasteiger partial charge is 0.480 e. The van der Waals surface area contributed by atoms with Crippen LogP contribution < -0.4 is 54.0 Å². The highest BCUT2D eigenvalue weighted by Gasteiger charge is 2.36. The molecule has 0 aliphatic carbocycles. The molecule has 22 nitrogen and oxygen atoms in total. The molecule has 0 aliphatic heterocycles. The first kappa shape index (κ1) is 61.6. The van der Waals surface area contributed by atoms with Crippen LogP contribution in [0.1, 0.15) is 129 Å². The zero-order valence-electron chi connectivity index (χ0n) is 41.7. The van der Waals surface area contributed by atoms with Crippen molar-refractivity contribution in [2.75, 3.05) is 6.54 Å². The molecule has 0 rings (SSSR count).